The van der Waals surface area contributed by atoms with E-state index in [-0.39, 0.29) is 6.61 Å². The van der Waals surface area contributed by atoms with E-state index in [2.05, 4.69) is 17.5 Å². The third kappa shape index (κ3) is 3.82. The summed E-state index contributed by atoms with van der Waals surface area (Å²) in [6.45, 7) is 1.96. The number of furan rings is 1. The molecule has 1 aromatic carbocycles. The number of nitrogens with one attached hydrogen (secondary N) is 1. The number of hydrogen-bond donors (Lipinski definition) is 1. The lowest BCUT2D eigenvalue weighted by atomic mass is 10.2. The molecule has 0 radical (unpaired) electrons. The van der Waals surface area contributed by atoms with E-state index in [0.29, 0.717) is 28.9 Å². The number of para-hydroxylation sites is 1. The van der Waals surface area contributed by atoms with Crippen LogP contribution in [0.1, 0.15) is 36.3 Å². The predicted octanol–water partition coefficient (Wildman–Crippen LogP) is 2.80. The Kier molecular flexibility index (Phi) is 4.62. The molecule has 1 saturated carbocycles. The predicted molar refractivity (Wildman–Crippen MR) is 87.6 cm³/mol. The molecule has 122 valence electrons. The molecule has 0 aliphatic heterocycles. The van der Waals surface area contributed by atoms with Crippen LogP contribution in [-0.4, -0.2) is 18.7 Å². The number of hydrazone groups is 1. The Balaban J connectivity index is 1.47. The minimum atomic E-state index is -0.415. The first-order chi connectivity index (χ1) is 11.7. The molecule has 6 heteroatoms. The summed E-state index contributed by atoms with van der Waals surface area (Å²) in [5.41, 5.74) is 2.75. The van der Waals surface area contributed by atoms with E-state index in [4.69, 9.17) is 14.4 Å². The molecule has 0 bridgehead atoms. The van der Waals surface area contributed by atoms with Gasteiger partial charge in [0, 0.05) is 5.92 Å². The van der Waals surface area contributed by atoms with Gasteiger partial charge in [0.15, 0.2) is 6.61 Å². The van der Waals surface area contributed by atoms with Crippen LogP contribution in [0.4, 0.5) is 0 Å². The van der Waals surface area contributed by atoms with Gasteiger partial charge in [0.1, 0.15) is 23.3 Å². The number of hydrogen-bond acceptors (Lipinski definition) is 5. The summed E-state index contributed by atoms with van der Waals surface area (Å²) in [6.07, 6.45) is 2.61. The maximum atomic E-state index is 11.7. The molecule has 2 atom stereocenters. The summed E-state index contributed by atoms with van der Waals surface area (Å²) >= 11 is 0. The molecule has 6 nitrogen and oxygen atoms in total. The smallest absolute Gasteiger partial charge is 0.277 e. The topological polar surface area (TPSA) is 87.6 Å². The zero-order valence-corrected chi connectivity index (χ0v) is 13.2. The van der Waals surface area contributed by atoms with E-state index in [9.17, 15) is 4.79 Å². The third-order valence-electron chi connectivity index (χ3n) is 3.87. The molecule has 24 heavy (non-hydrogen) atoms. The van der Waals surface area contributed by atoms with Crippen molar-refractivity contribution in [1.82, 2.24) is 5.43 Å². The van der Waals surface area contributed by atoms with E-state index >= 15 is 0 Å². The highest BCUT2D eigenvalue weighted by Crippen LogP contribution is 2.47. The highest BCUT2D eigenvalue weighted by Gasteiger charge is 2.36. The zero-order chi connectivity index (χ0) is 16.9. The van der Waals surface area contributed by atoms with Gasteiger partial charge >= 0.3 is 0 Å². The number of carbonyl (C=O) groups excluding carboxylic acids is 1. The number of nitriles is 1. The van der Waals surface area contributed by atoms with Gasteiger partial charge in [-0.3, -0.25) is 4.79 Å². The van der Waals surface area contributed by atoms with Gasteiger partial charge in [-0.1, -0.05) is 19.1 Å². The van der Waals surface area contributed by atoms with Crippen molar-refractivity contribution in [3.8, 4) is 11.8 Å². The molecule has 1 heterocycles. The molecule has 0 spiro atoms. The van der Waals surface area contributed by atoms with Crippen LogP contribution in [-0.2, 0) is 4.79 Å². The van der Waals surface area contributed by atoms with E-state index in [1.807, 2.05) is 18.2 Å². The largest absolute Gasteiger partial charge is 0.482 e. The summed E-state index contributed by atoms with van der Waals surface area (Å²) in [7, 11) is 0. The van der Waals surface area contributed by atoms with Crippen LogP contribution in [0.2, 0.25) is 0 Å². The minimum absolute atomic E-state index is 0.223. The summed E-state index contributed by atoms with van der Waals surface area (Å²) < 4.78 is 11.0. The van der Waals surface area contributed by atoms with Crippen LogP contribution in [0.5, 0.6) is 5.75 Å². The Morgan fingerprint density at radius 2 is 2.25 bits per heavy atom. The van der Waals surface area contributed by atoms with Crippen LogP contribution in [0.3, 0.4) is 0 Å². The van der Waals surface area contributed by atoms with Crippen molar-refractivity contribution in [2.75, 3.05) is 6.61 Å². The van der Waals surface area contributed by atoms with Gasteiger partial charge in [0.05, 0.1) is 11.8 Å². The molecule has 1 N–H and O–H groups in total. The van der Waals surface area contributed by atoms with Gasteiger partial charge in [-0.05, 0) is 36.6 Å². The standard InChI is InChI=1S/C18H17N3O3/c1-12-8-15(12)17-7-6-14(24-17)10-20-21-18(22)11-23-16-5-3-2-4-13(16)9-19/h2-7,10,12,15H,8,11H2,1H3,(H,21,22)/b20-10-/t12-,15+/m1/s1. The van der Waals surface area contributed by atoms with Gasteiger partial charge < -0.3 is 9.15 Å². The minimum Gasteiger partial charge on any atom is -0.482 e. The van der Waals surface area contributed by atoms with Crippen LogP contribution in [0.25, 0.3) is 0 Å². The Morgan fingerprint density at radius 3 is 3.00 bits per heavy atom. The third-order valence-corrected chi connectivity index (χ3v) is 3.87. The summed E-state index contributed by atoms with van der Waals surface area (Å²) in [5, 5.41) is 12.8. The van der Waals surface area contributed by atoms with Crippen LogP contribution >= 0.6 is 0 Å². The molecule has 2 aromatic rings. The molecule has 0 saturated heterocycles. The molecule has 1 aliphatic carbocycles. The molecular formula is C18H17N3O3. The second-order valence-corrected chi connectivity index (χ2v) is 5.75. The number of amides is 1. The second-order valence-electron chi connectivity index (χ2n) is 5.75. The van der Waals surface area contributed by atoms with Crippen molar-refractivity contribution in [3.05, 3.63) is 53.5 Å². The molecule has 1 fully saturated rings. The monoisotopic (exact) mass is 323 g/mol. The normalized spacial score (nSPS) is 19.0. The SMILES string of the molecule is C[C@@H]1C[C@@H]1c1ccc(/C=N\NC(=O)COc2ccccc2C#N)o1. The second kappa shape index (κ2) is 7.01. The van der Waals surface area contributed by atoms with Crippen molar-refractivity contribution in [2.45, 2.75) is 19.3 Å². The van der Waals surface area contributed by atoms with Crippen LogP contribution < -0.4 is 10.2 Å². The average Bonchev–Trinajstić information content (AvgIpc) is 3.14. The molecule has 1 amide bonds. The van der Waals surface area contributed by atoms with Crippen molar-refractivity contribution < 1.29 is 13.9 Å². The molecule has 1 aromatic heterocycles. The van der Waals surface area contributed by atoms with E-state index in [1.165, 1.54) is 6.21 Å². The highest BCUT2D eigenvalue weighted by atomic mass is 16.5. The quantitative estimate of drug-likeness (QED) is 0.654. The van der Waals surface area contributed by atoms with Crippen molar-refractivity contribution in [3.63, 3.8) is 0 Å². The van der Waals surface area contributed by atoms with Gasteiger partial charge in [0.2, 0.25) is 0 Å². The number of benzene rings is 1. The maximum absolute atomic E-state index is 11.7. The summed E-state index contributed by atoms with van der Waals surface area (Å²) in [5.74, 6) is 2.70. The molecule has 3 rings (SSSR count). The lowest BCUT2D eigenvalue weighted by Crippen LogP contribution is -2.24. The van der Waals surface area contributed by atoms with Crippen molar-refractivity contribution >= 4 is 12.1 Å². The summed E-state index contributed by atoms with van der Waals surface area (Å²) in [4.78, 5) is 11.7. The lowest BCUT2D eigenvalue weighted by molar-refractivity contribution is -0.123. The average molecular weight is 323 g/mol. The van der Waals surface area contributed by atoms with E-state index in [1.54, 1.807) is 24.3 Å². The fourth-order valence-electron chi connectivity index (χ4n) is 2.38. The first-order valence-electron chi connectivity index (χ1n) is 7.71. The lowest BCUT2D eigenvalue weighted by Gasteiger charge is -2.05. The van der Waals surface area contributed by atoms with Crippen LogP contribution in [0, 0.1) is 17.2 Å². The number of rotatable bonds is 6. The Bertz CT molecular complexity index is 804. The van der Waals surface area contributed by atoms with Gasteiger partial charge in [-0.15, -0.1) is 0 Å². The molecule has 1 aliphatic rings. The molecular weight excluding hydrogens is 306 g/mol. The first-order valence-corrected chi connectivity index (χ1v) is 7.71. The van der Waals surface area contributed by atoms with Crippen LogP contribution in [0.15, 0.2) is 45.9 Å². The Morgan fingerprint density at radius 1 is 1.46 bits per heavy atom. The fourth-order valence-corrected chi connectivity index (χ4v) is 2.38. The Labute approximate surface area is 139 Å². The summed E-state index contributed by atoms with van der Waals surface area (Å²) in [6, 6.07) is 12.5. The van der Waals surface area contributed by atoms with Crippen molar-refractivity contribution in [2.24, 2.45) is 11.0 Å². The molecule has 0 unspecified atom stereocenters. The zero-order valence-electron chi connectivity index (χ0n) is 13.2. The number of nitrogens with zero attached hydrogens (tertiary/aromatic N) is 2. The van der Waals surface area contributed by atoms with Gasteiger partial charge in [0.25, 0.3) is 5.91 Å². The van der Waals surface area contributed by atoms with Crippen molar-refractivity contribution in [1.29, 1.82) is 5.26 Å². The maximum Gasteiger partial charge on any atom is 0.277 e. The van der Waals surface area contributed by atoms with E-state index < -0.39 is 5.91 Å². The van der Waals surface area contributed by atoms with Gasteiger partial charge in [-0.25, -0.2) is 5.43 Å². The number of ether oxygens (including phenoxy) is 1. The Hall–Kier alpha value is -3.07. The fraction of sp³-hybridized carbons (Fsp3) is 0.278. The van der Waals surface area contributed by atoms with E-state index in [0.717, 1.165) is 12.2 Å². The highest BCUT2D eigenvalue weighted by molar-refractivity contribution is 5.81. The first kappa shape index (κ1) is 15.8. The van der Waals surface area contributed by atoms with Gasteiger partial charge in [-0.2, -0.15) is 10.4 Å². The number of carbonyl (C=O) groups is 1.